The summed E-state index contributed by atoms with van der Waals surface area (Å²) in [7, 11) is 0. The van der Waals surface area contributed by atoms with Gasteiger partial charge in [-0.25, -0.2) is 4.79 Å². The van der Waals surface area contributed by atoms with E-state index in [2.05, 4.69) is 21.2 Å². The zero-order valence-corrected chi connectivity index (χ0v) is 12.1. The van der Waals surface area contributed by atoms with Crippen LogP contribution in [0.15, 0.2) is 22.7 Å². The molecule has 0 atom stereocenters. The number of nitro groups is 1. The van der Waals surface area contributed by atoms with Gasteiger partial charge in [-0.1, -0.05) is 0 Å². The number of carbonyl (C=O) groups is 2. The molecule has 0 aliphatic rings. The van der Waals surface area contributed by atoms with Crippen molar-refractivity contribution in [3.63, 3.8) is 0 Å². The number of carbonyl (C=O) groups excluding carboxylic acids is 1. The number of halogens is 1. The Morgan fingerprint density at radius 3 is 2.60 bits per heavy atom. The van der Waals surface area contributed by atoms with E-state index in [-0.39, 0.29) is 12.2 Å². The lowest BCUT2D eigenvalue weighted by Gasteiger charge is -2.19. The number of hydrogen-bond donors (Lipinski definition) is 2. The van der Waals surface area contributed by atoms with Crippen LogP contribution in [-0.4, -0.2) is 40.0 Å². The highest BCUT2D eigenvalue weighted by atomic mass is 79.9. The molecule has 1 aromatic rings. The number of nitro benzene ring substituents is 1. The molecule has 0 saturated heterocycles. The monoisotopic (exact) mass is 345 g/mol. The molecule has 0 unspecified atom stereocenters. The van der Waals surface area contributed by atoms with Gasteiger partial charge in [-0.15, -0.1) is 0 Å². The molecule has 8 nitrogen and oxygen atoms in total. The Hall–Kier alpha value is -2.16. The Morgan fingerprint density at radius 1 is 1.50 bits per heavy atom. The maximum Gasteiger partial charge on any atom is 0.323 e. The maximum atomic E-state index is 11.8. The third kappa shape index (κ3) is 4.19. The van der Waals surface area contributed by atoms with Crippen molar-refractivity contribution in [1.29, 1.82) is 0 Å². The summed E-state index contributed by atoms with van der Waals surface area (Å²) >= 11 is 3.11. The summed E-state index contributed by atoms with van der Waals surface area (Å²) in [5.41, 5.74) is 0.206. The number of benzene rings is 1. The Kier molecular flexibility index (Phi) is 5.44. The number of rotatable bonds is 5. The van der Waals surface area contributed by atoms with E-state index >= 15 is 0 Å². The molecule has 20 heavy (non-hydrogen) atoms. The number of anilines is 1. The van der Waals surface area contributed by atoms with Crippen molar-refractivity contribution in [2.45, 2.75) is 6.92 Å². The lowest BCUT2D eigenvalue weighted by molar-refractivity contribution is -0.384. The molecule has 0 bridgehead atoms. The normalized spacial score (nSPS) is 9.90. The van der Waals surface area contributed by atoms with Gasteiger partial charge in [0.15, 0.2) is 0 Å². The van der Waals surface area contributed by atoms with E-state index < -0.39 is 23.5 Å². The molecule has 9 heteroatoms. The third-order valence-corrected chi connectivity index (χ3v) is 3.06. The zero-order valence-electron chi connectivity index (χ0n) is 10.5. The standard InChI is InChI=1S/C11H12BrN3O5/c1-2-14(6-10(16)17)11(18)13-9-4-3-7(15(19)20)5-8(9)12/h3-5H,2,6H2,1H3,(H,13,18)(H,16,17). The first-order valence-electron chi connectivity index (χ1n) is 5.56. The second kappa shape index (κ2) is 6.85. The zero-order chi connectivity index (χ0) is 15.3. The summed E-state index contributed by atoms with van der Waals surface area (Å²) in [4.78, 5) is 33.6. The van der Waals surface area contributed by atoms with Gasteiger partial charge < -0.3 is 15.3 Å². The molecule has 0 spiro atoms. The number of non-ortho nitro benzene ring substituents is 1. The highest BCUT2D eigenvalue weighted by molar-refractivity contribution is 9.10. The Labute approximate surface area is 122 Å². The van der Waals surface area contributed by atoms with Gasteiger partial charge in [0.05, 0.1) is 10.6 Å². The summed E-state index contributed by atoms with van der Waals surface area (Å²) in [5.74, 6) is -1.12. The van der Waals surface area contributed by atoms with Crippen LogP contribution in [0.2, 0.25) is 0 Å². The van der Waals surface area contributed by atoms with Gasteiger partial charge in [-0.2, -0.15) is 0 Å². The highest BCUT2D eigenvalue weighted by Gasteiger charge is 2.17. The summed E-state index contributed by atoms with van der Waals surface area (Å²) < 4.78 is 0.339. The number of nitrogens with one attached hydrogen (secondary N) is 1. The van der Waals surface area contributed by atoms with Crippen molar-refractivity contribution in [1.82, 2.24) is 4.90 Å². The number of hydrogen-bond acceptors (Lipinski definition) is 4. The van der Waals surface area contributed by atoms with E-state index in [4.69, 9.17) is 5.11 Å². The van der Waals surface area contributed by atoms with Gasteiger partial charge >= 0.3 is 12.0 Å². The minimum absolute atomic E-state index is 0.118. The van der Waals surface area contributed by atoms with Crippen molar-refractivity contribution in [2.24, 2.45) is 0 Å². The second-order valence-corrected chi connectivity index (χ2v) is 4.61. The van der Waals surface area contributed by atoms with Crippen molar-refractivity contribution in [3.8, 4) is 0 Å². The molecule has 0 aliphatic carbocycles. The number of aliphatic carboxylic acids is 1. The molecular formula is C11H12BrN3O5. The fourth-order valence-electron chi connectivity index (χ4n) is 1.40. The van der Waals surface area contributed by atoms with Crippen LogP contribution in [0, 0.1) is 10.1 Å². The van der Waals surface area contributed by atoms with Gasteiger partial charge in [-0.3, -0.25) is 14.9 Å². The fraction of sp³-hybridized carbons (Fsp3) is 0.273. The predicted molar refractivity (Wildman–Crippen MR) is 74.7 cm³/mol. The van der Waals surface area contributed by atoms with Crippen LogP contribution in [0.4, 0.5) is 16.2 Å². The van der Waals surface area contributed by atoms with E-state index in [1.165, 1.54) is 18.2 Å². The van der Waals surface area contributed by atoms with E-state index in [0.717, 1.165) is 4.90 Å². The molecule has 0 aromatic heterocycles. The van der Waals surface area contributed by atoms with Gasteiger partial charge in [0.1, 0.15) is 6.54 Å². The van der Waals surface area contributed by atoms with E-state index in [0.29, 0.717) is 10.2 Å². The molecule has 0 aliphatic heterocycles. The van der Waals surface area contributed by atoms with Gasteiger partial charge in [-0.05, 0) is 28.9 Å². The van der Waals surface area contributed by atoms with Gasteiger partial charge in [0.25, 0.3) is 5.69 Å². The van der Waals surface area contributed by atoms with E-state index in [9.17, 15) is 19.7 Å². The second-order valence-electron chi connectivity index (χ2n) is 3.76. The Bertz CT molecular complexity index is 549. The average Bonchev–Trinajstić information content (AvgIpc) is 2.37. The van der Waals surface area contributed by atoms with Crippen molar-refractivity contribution in [2.75, 3.05) is 18.4 Å². The highest BCUT2D eigenvalue weighted by Crippen LogP contribution is 2.27. The lowest BCUT2D eigenvalue weighted by Crippen LogP contribution is -2.38. The first-order chi connectivity index (χ1) is 9.35. The predicted octanol–water partition coefficient (Wildman–Crippen LogP) is 2.30. The molecular weight excluding hydrogens is 334 g/mol. The number of nitrogens with zero attached hydrogens (tertiary/aromatic N) is 2. The Morgan fingerprint density at radius 2 is 2.15 bits per heavy atom. The number of carboxylic acids is 1. The van der Waals surface area contributed by atoms with Crippen LogP contribution in [-0.2, 0) is 4.79 Å². The molecule has 2 amide bonds. The minimum atomic E-state index is -1.12. The van der Waals surface area contributed by atoms with Crippen LogP contribution >= 0.6 is 15.9 Å². The van der Waals surface area contributed by atoms with Crippen molar-refractivity contribution < 1.29 is 19.6 Å². The number of carboxylic acid groups (broad SMARTS) is 1. The molecule has 0 fully saturated rings. The van der Waals surface area contributed by atoms with Crippen LogP contribution in [0.5, 0.6) is 0 Å². The fourth-order valence-corrected chi connectivity index (χ4v) is 1.87. The van der Waals surface area contributed by atoms with Crippen molar-refractivity contribution in [3.05, 3.63) is 32.8 Å². The SMILES string of the molecule is CCN(CC(=O)O)C(=O)Nc1ccc([N+](=O)[O-])cc1Br. The van der Waals surface area contributed by atoms with Crippen LogP contribution in [0.1, 0.15) is 6.92 Å². The molecule has 108 valence electrons. The topological polar surface area (TPSA) is 113 Å². The smallest absolute Gasteiger partial charge is 0.323 e. The molecule has 2 N–H and O–H groups in total. The minimum Gasteiger partial charge on any atom is -0.480 e. The number of urea groups is 1. The van der Waals surface area contributed by atoms with Crippen LogP contribution in [0.3, 0.4) is 0 Å². The van der Waals surface area contributed by atoms with E-state index in [1.807, 2.05) is 0 Å². The van der Waals surface area contributed by atoms with Gasteiger partial charge in [0, 0.05) is 23.2 Å². The van der Waals surface area contributed by atoms with Crippen LogP contribution in [0.25, 0.3) is 0 Å². The molecule has 1 rings (SSSR count). The summed E-state index contributed by atoms with van der Waals surface area (Å²) in [6.45, 7) is 1.45. The first kappa shape index (κ1) is 15.9. The molecule has 0 radical (unpaired) electrons. The summed E-state index contributed by atoms with van der Waals surface area (Å²) in [6.07, 6.45) is 0. The number of amides is 2. The third-order valence-electron chi connectivity index (χ3n) is 2.40. The molecule has 0 saturated carbocycles. The summed E-state index contributed by atoms with van der Waals surface area (Å²) in [6, 6.07) is 3.27. The quantitative estimate of drug-likeness (QED) is 0.627. The summed E-state index contributed by atoms with van der Waals surface area (Å²) in [5, 5.41) is 21.7. The first-order valence-corrected chi connectivity index (χ1v) is 6.36. The Balaban J connectivity index is 2.84. The number of likely N-dealkylation sites (N-methyl/N-ethyl adjacent to an activating group) is 1. The lowest BCUT2D eigenvalue weighted by atomic mass is 10.3. The average molecular weight is 346 g/mol. The maximum absolute atomic E-state index is 11.8. The largest absolute Gasteiger partial charge is 0.480 e. The van der Waals surface area contributed by atoms with E-state index in [1.54, 1.807) is 6.92 Å². The van der Waals surface area contributed by atoms with Crippen LogP contribution < -0.4 is 5.32 Å². The molecule has 0 heterocycles. The van der Waals surface area contributed by atoms with Gasteiger partial charge in [0.2, 0.25) is 0 Å². The molecule has 1 aromatic carbocycles. The van der Waals surface area contributed by atoms with Crippen molar-refractivity contribution >= 4 is 39.3 Å².